The molecule has 2 N–H and O–H groups in total. The second-order valence-corrected chi connectivity index (χ2v) is 6.54. The Labute approximate surface area is 136 Å². The van der Waals surface area contributed by atoms with E-state index >= 15 is 0 Å². The molecule has 5 nitrogen and oxygen atoms in total. The summed E-state index contributed by atoms with van der Waals surface area (Å²) >= 11 is 0. The summed E-state index contributed by atoms with van der Waals surface area (Å²) in [6, 6.07) is 6.23. The van der Waals surface area contributed by atoms with Crippen molar-refractivity contribution in [2.45, 2.75) is 57.1 Å². The monoisotopic (exact) mass is 310 g/mol. The van der Waals surface area contributed by atoms with E-state index in [0.717, 1.165) is 56.5 Å². The second kappa shape index (κ2) is 6.24. The van der Waals surface area contributed by atoms with E-state index in [4.69, 9.17) is 9.97 Å². The molecule has 0 radical (unpaired) electrons. The number of pyridine rings is 1. The van der Waals surface area contributed by atoms with E-state index < -0.39 is 0 Å². The largest absolute Gasteiger partial charge is 0.393 e. The predicted molar refractivity (Wildman–Crippen MR) is 89.2 cm³/mol. The van der Waals surface area contributed by atoms with Gasteiger partial charge < -0.3 is 10.4 Å². The number of nitrogens with zero attached hydrogens (tertiary/aromatic N) is 3. The van der Waals surface area contributed by atoms with Crippen LogP contribution in [0.2, 0.25) is 0 Å². The quantitative estimate of drug-likeness (QED) is 0.912. The molecule has 5 heteroatoms. The molecule has 2 aliphatic carbocycles. The molecule has 4 rings (SSSR count). The van der Waals surface area contributed by atoms with Gasteiger partial charge in [0.2, 0.25) is 0 Å². The Morgan fingerprint density at radius 2 is 1.91 bits per heavy atom. The number of aliphatic hydroxyl groups is 1. The van der Waals surface area contributed by atoms with Crippen molar-refractivity contribution in [3.05, 3.63) is 35.7 Å². The van der Waals surface area contributed by atoms with E-state index in [1.165, 1.54) is 11.3 Å². The van der Waals surface area contributed by atoms with Crippen LogP contribution in [0.5, 0.6) is 0 Å². The number of hydrogen-bond donors (Lipinski definition) is 2. The van der Waals surface area contributed by atoms with Crippen LogP contribution in [0.1, 0.15) is 43.4 Å². The van der Waals surface area contributed by atoms with E-state index in [1.54, 1.807) is 6.20 Å². The third kappa shape index (κ3) is 3.06. The van der Waals surface area contributed by atoms with Crippen LogP contribution in [-0.2, 0) is 12.8 Å². The first kappa shape index (κ1) is 14.6. The highest BCUT2D eigenvalue weighted by Gasteiger charge is 2.24. The van der Waals surface area contributed by atoms with Crippen LogP contribution in [0.25, 0.3) is 11.5 Å². The first-order chi connectivity index (χ1) is 11.3. The molecule has 2 aromatic heterocycles. The van der Waals surface area contributed by atoms with Gasteiger partial charge in [-0.05, 0) is 57.1 Å². The zero-order chi connectivity index (χ0) is 15.6. The van der Waals surface area contributed by atoms with E-state index in [1.807, 2.05) is 18.2 Å². The van der Waals surface area contributed by atoms with Crippen LogP contribution in [-0.4, -0.2) is 32.2 Å². The van der Waals surface area contributed by atoms with Crippen molar-refractivity contribution in [2.24, 2.45) is 0 Å². The number of aromatic nitrogens is 3. The smallest absolute Gasteiger partial charge is 0.180 e. The number of anilines is 1. The minimum atomic E-state index is -0.131. The molecule has 1 fully saturated rings. The van der Waals surface area contributed by atoms with Gasteiger partial charge in [-0.3, -0.25) is 4.98 Å². The Kier molecular flexibility index (Phi) is 3.95. The minimum absolute atomic E-state index is 0.131. The Morgan fingerprint density at radius 3 is 2.70 bits per heavy atom. The van der Waals surface area contributed by atoms with Crippen LogP contribution < -0.4 is 5.32 Å². The fraction of sp³-hybridized carbons (Fsp3) is 0.500. The SMILES string of the molecule is OC1CCC(Nc2nc(-c3ccccn3)nc3c2CCC3)CC1. The van der Waals surface area contributed by atoms with E-state index in [2.05, 4.69) is 10.3 Å². The fourth-order valence-corrected chi connectivity index (χ4v) is 3.57. The predicted octanol–water partition coefficient (Wildman–Crippen LogP) is 2.74. The molecule has 1 saturated carbocycles. The highest BCUT2D eigenvalue weighted by atomic mass is 16.3. The molecule has 120 valence electrons. The summed E-state index contributed by atoms with van der Waals surface area (Å²) in [7, 11) is 0. The molecule has 0 atom stereocenters. The molecule has 0 aliphatic heterocycles. The van der Waals surface area contributed by atoms with Gasteiger partial charge in [-0.15, -0.1) is 0 Å². The van der Waals surface area contributed by atoms with Crippen molar-refractivity contribution in [2.75, 3.05) is 5.32 Å². The lowest BCUT2D eigenvalue weighted by molar-refractivity contribution is 0.126. The van der Waals surface area contributed by atoms with E-state index in [-0.39, 0.29) is 6.10 Å². The Bertz CT molecular complexity index is 681. The summed E-state index contributed by atoms with van der Waals surface area (Å²) in [6.45, 7) is 0. The summed E-state index contributed by atoms with van der Waals surface area (Å²) in [5.74, 6) is 1.69. The minimum Gasteiger partial charge on any atom is -0.393 e. The third-order valence-corrected chi connectivity index (χ3v) is 4.86. The lowest BCUT2D eigenvalue weighted by atomic mass is 9.93. The Balaban J connectivity index is 1.64. The lowest BCUT2D eigenvalue weighted by Crippen LogP contribution is -2.29. The van der Waals surface area contributed by atoms with E-state index in [0.29, 0.717) is 11.9 Å². The molecule has 2 aromatic rings. The van der Waals surface area contributed by atoms with Gasteiger partial charge >= 0.3 is 0 Å². The number of aliphatic hydroxyl groups excluding tert-OH is 1. The number of nitrogens with one attached hydrogen (secondary N) is 1. The van der Waals surface area contributed by atoms with Gasteiger partial charge in [0.1, 0.15) is 11.5 Å². The zero-order valence-corrected chi connectivity index (χ0v) is 13.2. The third-order valence-electron chi connectivity index (χ3n) is 4.86. The maximum atomic E-state index is 9.68. The normalized spacial score (nSPS) is 23.5. The van der Waals surface area contributed by atoms with Gasteiger partial charge in [0, 0.05) is 23.5 Å². The highest BCUT2D eigenvalue weighted by Crippen LogP contribution is 2.30. The topological polar surface area (TPSA) is 70.9 Å². The number of hydrogen-bond acceptors (Lipinski definition) is 5. The van der Waals surface area contributed by atoms with Gasteiger partial charge in [-0.25, -0.2) is 9.97 Å². The molecule has 2 aliphatic rings. The summed E-state index contributed by atoms with van der Waals surface area (Å²) in [4.78, 5) is 13.9. The van der Waals surface area contributed by atoms with Crippen LogP contribution in [0.15, 0.2) is 24.4 Å². The molecule has 0 aromatic carbocycles. The molecular formula is C18H22N4O. The van der Waals surface area contributed by atoms with Crippen molar-refractivity contribution >= 4 is 5.82 Å². The number of rotatable bonds is 3. The summed E-state index contributed by atoms with van der Waals surface area (Å²) < 4.78 is 0. The average molecular weight is 310 g/mol. The van der Waals surface area contributed by atoms with Gasteiger partial charge in [-0.1, -0.05) is 6.07 Å². The Morgan fingerprint density at radius 1 is 1.04 bits per heavy atom. The molecule has 0 saturated heterocycles. The highest BCUT2D eigenvalue weighted by molar-refractivity contribution is 5.58. The van der Waals surface area contributed by atoms with Crippen LogP contribution in [0, 0.1) is 0 Å². The van der Waals surface area contributed by atoms with Gasteiger partial charge in [-0.2, -0.15) is 0 Å². The summed E-state index contributed by atoms with van der Waals surface area (Å²) in [5, 5.41) is 13.3. The number of fused-ring (bicyclic) bond motifs is 1. The molecule has 0 amide bonds. The fourth-order valence-electron chi connectivity index (χ4n) is 3.57. The number of aryl methyl sites for hydroxylation is 1. The van der Waals surface area contributed by atoms with Crippen LogP contribution >= 0.6 is 0 Å². The summed E-state index contributed by atoms with van der Waals surface area (Å²) in [5.41, 5.74) is 3.26. The first-order valence-electron chi connectivity index (χ1n) is 8.55. The standard InChI is InChI=1S/C18H22N4O/c23-13-9-7-12(8-10-13)20-17-14-4-3-6-15(14)21-18(22-17)16-5-1-2-11-19-16/h1-2,5,11-13,23H,3-4,6-10H2,(H,20,21,22). The molecule has 23 heavy (non-hydrogen) atoms. The second-order valence-electron chi connectivity index (χ2n) is 6.54. The first-order valence-corrected chi connectivity index (χ1v) is 8.55. The zero-order valence-electron chi connectivity index (χ0n) is 13.2. The van der Waals surface area contributed by atoms with E-state index in [9.17, 15) is 5.11 Å². The molecular weight excluding hydrogens is 288 g/mol. The van der Waals surface area contributed by atoms with Crippen molar-refractivity contribution < 1.29 is 5.11 Å². The molecule has 0 unspecified atom stereocenters. The molecule has 0 spiro atoms. The van der Waals surface area contributed by atoms with Crippen LogP contribution in [0.4, 0.5) is 5.82 Å². The molecule has 2 heterocycles. The lowest BCUT2D eigenvalue weighted by Gasteiger charge is -2.27. The summed E-state index contributed by atoms with van der Waals surface area (Å²) in [6.07, 6.45) is 8.61. The maximum absolute atomic E-state index is 9.68. The van der Waals surface area contributed by atoms with Gasteiger partial charge in [0.05, 0.1) is 6.10 Å². The van der Waals surface area contributed by atoms with Crippen molar-refractivity contribution in [1.82, 2.24) is 15.0 Å². The van der Waals surface area contributed by atoms with Crippen molar-refractivity contribution in [3.63, 3.8) is 0 Å². The van der Waals surface area contributed by atoms with Gasteiger partial charge in [0.25, 0.3) is 0 Å². The average Bonchev–Trinajstić information content (AvgIpc) is 3.06. The maximum Gasteiger partial charge on any atom is 0.180 e. The molecule has 0 bridgehead atoms. The van der Waals surface area contributed by atoms with Crippen molar-refractivity contribution in [1.29, 1.82) is 0 Å². The Hall–Kier alpha value is -2.01. The van der Waals surface area contributed by atoms with Gasteiger partial charge in [0.15, 0.2) is 5.82 Å². The van der Waals surface area contributed by atoms with Crippen LogP contribution in [0.3, 0.4) is 0 Å². The van der Waals surface area contributed by atoms with Crippen molar-refractivity contribution in [3.8, 4) is 11.5 Å².